The number of phenolic OH excluding ortho intramolecular Hbond substituents is 2. The minimum Gasteiger partial charge on any atom is -0.507 e. The van der Waals surface area contributed by atoms with E-state index in [1.807, 2.05) is 0 Å². The summed E-state index contributed by atoms with van der Waals surface area (Å²) in [6, 6.07) is 15.3. The molecule has 1 aromatic heterocycles. The Hall–Kier alpha value is -4.20. The zero-order valence-electron chi connectivity index (χ0n) is 14.7. The Kier molecular flexibility index (Phi) is 3.60. The van der Waals surface area contributed by atoms with Crippen molar-refractivity contribution < 1.29 is 24.1 Å². The molecule has 8 heteroatoms. The molecule has 0 fully saturated rings. The van der Waals surface area contributed by atoms with E-state index in [4.69, 9.17) is 4.74 Å². The van der Waals surface area contributed by atoms with Crippen LogP contribution in [0.25, 0.3) is 28.5 Å². The number of hydrogen-bond acceptors (Lipinski definition) is 6. The molecule has 0 saturated heterocycles. The van der Waals surface area contributed by atoms with Gasteiger partial charge in [0, 0.05) is 0 Å². The molecule has 0 atom stereocenters. The topological polar surface area (TPSA) is 97.5 Å². The Morgan fingerprint density at radius 2 is 1.55 bits per heavy atom. The van der Waals surface area contributed by atoms with Gasteiger partial charge in [-0.25, -0.2) is 18.9 Å². The number of para-hydroxylation sites is 2. The molecular weight excluding hydrogens is 377 g/mol. The minimum atomic E-state index is -0.703. The lowest BCUT2D eigenvalue weighted by atomic mass is 10.1. The fourth-order valence-electron chi connectivity index (χ4n) is 3.22. The Balaban J connectivity index is 1.82. The number of esters is 1. The number of carbonyl (C=O) groups is 1. The van der Waals surface area contributed by atoms with Crippen LogP contribution in [-0.2, 0) is 0 Å². The second-order valence-corrected chi connectivity index (χ2v) is 6.36. The lowest BCUT2D eigenvalue weighted by Gasteiger charge is -2.21. The summed E-state index contributed by atoms with van der Waals surface area (Å²) in [5.41, 5.74) is 0.508. The van der Waals surface area contributed by atoms with E-state index in [2.05, 4.69) is 10.1 Å². The van der Waals surface area contributed by atoms with E-state index in [1.165, 1.54) is 18.2 Å². The molecule has 4 aromatic rings. The van der Waals surface area contributed by atoms with Crippen LogP contribution in [0.3, 0.4) is 0 Å². The quantitative estimate of drug-likeness (QED) is 0.519. The molecule has 1 aliphatic heterocycles. The van der Waals surface area contributed by atoms with E-state index in [9.17, 15) is 19.4 Å². The third kappa shape index (κ3) is 2.53. The first-order chi connectivity index (χ1) is 14.0. The first kappa shape index (κ1) is 16.9. The molecule has 1 aliphatic rings. The molecule has 29 heavy (non-hydrogen) atoms. The molecule has 7 nitrogen and oxygen atoms in total. The van der Waals surface area contributed by atoms with Gasteiger partial charge < -0.3 is 14.9 Å². The van der Waals surface area contributed by atoms with Gasteiger partial charge >= 0.3 is 5.97 Å². The normalized spacial score (nSPS) is 12.2. The third-order valence-corrected chi connectivity index (χ3v) is 4.61. The predicted octanol–water partition coefficient (Wildman–Crippen LogP) is 3.68. The Labute approximate surface area is 163 Å². The highest BCUT2D eigenvalue weighted by atomic mass is 19.1. The van der Waals surface area contributed by atoms with Gasteiger partial charge in [-0.05, 0) is 36.4 Å². The summed E-state index contributed by atoms with van der Waals surface area (Å²) in [5.74, 6) is -1.10. The number of ether oxygens (including phenoxy) is 1. The van der Waals surface area contributed by atoms with Gasteiger partial charge in [0.25, 0.3) is 0 Å². The summed E-state index contributed by atoms with van der Waals surface area (Å²) in [7, 11) is 0. The molecule has 0 saturated carbocycles. The molecule has 0 unspecified atom stereocenters. The van der Waals surface area contributed by atoms with Gasteiger partial charge in [-0.15, -0.1) is 5.10 Å². The van der Waals surface area contributed by atoms with Crippen molar-refractivity contribution in [2.45, 2.75) is 0 Å². The van der Waals surface area contributed by atoms with Gasteiger partial charge in [0.15, 0.2) is 11.6 Å². The molecule has 0 bridgehead atoms. The van der Waals surface area contributed by atoms with Crippen molar-refractivity contribution in [3.05, 3.63) is 72.0 Å². The average molecular weight is 389 g/mol. The first-order valence-corrected chi connectivity index (χ1v) is 8.63. The van der Waals surface area contributed by atoms with Crippen LogP contribution in [0.4, 0.5) is 4.39 Å². The number of phenols is 2. The highest BCUT2D eigenvalue weighted by molar-refractivity contribution is 6.05. The molecule has 2 N–H and O–H groups in total. The highest BCUT2D eigenvalue weighted by Crippen LogP contribution is 2.39. The van der Waals surface area contributed by atoms with Crippen molar-refractivity contribution in [1.29, 1.82) is 0 Å². The largest absolute Gasteiger partial charge is 0.507 e. The van der Waals surface area contributed by atoms with E-state index in [0.29, 0.717) is 5.56 Å². The predicted molar refractivity (Wildman–Crippen MR) is 100 cm³/mol. The summed E-state index contributed by atoms with van der Waals surface area (Å²) in [4.78, 5) is 16.4. The van der Waals surface area contributed by atoms with Gasteiger partial charge in [0.2, 0.25) is 0 Å². The van der Waals surface area contributed by atoms with E-state index in [-0.39, 0.29) is 45.7 Å². The van der Waals surface area contributed by atoms with Crippen molar-refractivity contribution in [2.24, 2.45) is 0 Å². The number of carbonyl (C=O) groups excluding carboxylic acids is 1. The lowest BCUT2D eigenvalue weighted by molar-refractivity contribution is 0.0657. The van der Waals surface area contributed by atoms with Crippen molar-refractivity contribution in [3.63, 3.8) is 0 Å². The fraction of sp³-hybridized carbons (Fsp3) is 0. The number of fused-ring (bicyclic) bond motifs is 1. The minimum absolute atomic E-state index is 0.0374. The maximum atomic E-state index is 14.8. The number of hydrogen-bond donors (Lipinski definition) is 2. The molecule has 5 rings (SSSR count). The molecule has 3 aromatic carbocycles. The maximum Gasteiger partial charge on any atom is 0.349 e. The second-order valence-electron chi connectivity index (χ2n) is 6.36. The van der Waals surface area contributed by atoms with Crippen molar-refractivity contribution in [2.75, 3.05) is 0 Å². The van der Waals surface area contributed by atoms with Crippen LogP contribution < -0.4 is 4.74 Å². The zero-order valence-corrected chi connectivity index (χ0v) is 14.7. The lowest BCUT2D eigenvalue weighted by Crippen LogP contribution is -2.25. The number of aromatic nitrogens is 3. The summed E-state index contributed by atoms with van der Waals surface area (Å²) < 4.78 is 20.9. The molecule has 0 radical (unpaired) electrons. The van der Waals surface area contributed by atoms with E-state index >= 15 is 0 Å². The summed E-state index contributed by atoms with van der Waals surface area (Å²) in [6.45, 7) is 0. The van der Waals surface area contributed by atoms with Crippen LogP contribution in [-0.4, -0.2) is 30.9 Å². The highest BCUT2D eigenvalue weighted by Gasteiger charge is 2.35. The number of benzene rings is 3. The van der Waals surface area contributed by atoms with Crippen molar-refractivity contribution in [3.8, 4) is 45.7 Å². The van der Waals surface area contributed by atoms with E-state index in [1.54, 1.807) is 36.4 Å². The Bertz CT molecular complexity index is 1300. The Morgan fingerprint density at radius 1 is 0.897 bits per heavy atom. The van der Waals surface area contributed by atoms with Crippen molar-refractivity contribution in [1.82, 2.24) is 14.8 Å². The molecule has 0 amide bonds. The van der Waals surface area contributed by atoms with E-state index in [0.717, 1.165) is 10.7 Å². The maximum absolute atomic E-state index is 14.8. The molecule has 0 aliphatic carbocycles. The summed E-state index contributed by atoms with van der Waals surface area (Å²) in [6.07, 6.45) is 0. The first-order valence-electron chi connectivity index (χ1n) is 8.63. The van der Waals surface area contributed by atoms with Crippen LogP contribution in [0.15, 0.2) is 60.7 Å². The molecule has 142 valence electrons. The summed E-state index contributed by atoms with van der Waals surface area (Å²) in [5, 5.41) is 24.8. The number of rotatable bonds is 3. The SMILES string of the molecule is O=C1Oc2ccc(F)c(-n3nc(-c4ccccc4O)nc3-c3ccccc3O)c21. The molecule has 0 spiro atoms. The van der Waals surface area contributed by atoms with Gasteiger partial charge in [0.1, 0.15) is 34.3 Å². The second kappa shape index (κ2) is 6.16. The van der Waals surface area contributed by atoms with Crippen LogP contribution >= 0.6 is 0 Å². The van der Waals surface area contributed by atoms with Gasteiger partial charge in [-0.1, -0.05) is 24.3 Å². The van der Waals surface area contributed by atoms with Gasteiger partial charge in [-0.3, -0.25) is 0 Å². The monoisotopic (exact) mass is 389 g/mol. The zero-order chi connectivity index (χ0) is 20.1. The summed E-state index contributed by atoms with van der Waals surface area (Å²) >= 11 is 0. The van der Waals surface area contributed by atoms with Crippen LogP contribution in [0.2, 0.25) is 0 Å². The Morgan fingerprint density at radius 3 is 2.21 bits per heavy atom. The van der Waals surface area contributed by atoms with Crippen LogP contribution in [0.5, 0.6) is 17.2 Å². The number of halogens is 1. The van der Waals surface area contributed by atoms with Gasteiger partial charge in [0.05, 0.1) is 11.1 Å². The third-order valence-electron chi connectivity index (χ3n) is 4.61. The van der Waals surface area contributed by atoms with Crippen LogP contribution in [0, 0.1) is 5.82 Å². The fourth-order valence-corrected chi connectivity index (χ4v) is 3.22. The average Bonchev–Trinajstić information content (AvgIpc) is 3.13. The molecular formula is C21H12FN3O4. The molecule has 2 heterocycles. The van der Waals surface area contributed by atoms with Crippen molar-refractivity contribution >= 4 is 5.97 Å². The smallest absolute Gasteiger partial charge is 0.349 e. The van der Waals surface area contributed by atoms with Crippen LogP contribution in [0.1, 0.15) is 10.4 Å². The van der Waals surface area contributed by atoms with Gasteiger partial charge in [-0.2, -0.15) is 0 Å². The standard InChI is InChI=1S/C21H12FN3O4/c22-13-9-10-16-17(21(28)29-16)18(13)25-20(12-6-2-4-8-15(12)27)23-19(24-25)11-5-1-3-7-14(11)26/h1-10,26-27H. The van der Waals surface area contributed by atoms with E-state index < -0.39 is 11.8 Å². The number of aromatic hydroxyl groups is 2. The number of nitrogens with zero attached hydrogens (tertiary/aromatic N) is 3.